The molecule has 0 aromatic heterocycles. The quantitative estimate of drug-likeness (QED) is 0.102. The number of hydrogen-bond donors (Lipinski definition) is 7. The molecule has 16 nitrogen and oxygen atoms in total. The smallest absolute Gasteiger partial charge is 0.394 e. The first-order valence-electron chi connectivity index (χ1n) is 18.3. The molecule has 4 aliphatic carbocycles. The SMILES string of the molecule is CC(=O)NC1C(OC2C=C3CC(OS(=O)(=O)O)CCC3(C)C3CCC4(C)C(C(C)CCC(=O)NCCS(=O)(=O)O)CCC4C23)OC(CO)C(O)C1O. The molecule has 0 aromatic rings. The van der Waals surface area contributed by atoms with Crippen LogP contribution < -0.4 is 10.6 Å². The van der Waals surface area contributed by atoms with Crippen LogP contribution in [0.25, 0.3) is 0 Å². The van der Waals surface area contributed by atoms with Gasteiger partial charge in [-0.25, -0.2) is 4.18 Å². The molecule has 18 heteroatoms. The second-order valence-electron chi connectivity index (χ2n) is 16.2. The molecule has 2 amide bonds. The minimum Gasteiger partial charge on any atom is -0.394 e. The Balaban J connectivity index is 1.43. The standard InChI is InChI=1S/C34H56N2O14S2/c1-18(5-8-27(39)35-13-14-51(42,43)44)22-6-7-23-28-24(10-12-34(22,23)4)33(3)11-9-21(50-52(45,46)47)15-20(33)16-25(28)48-32-29(36-19(2)38)31(41)30(40)26(17-37)49-32/h16,18,21-26,28-32,37,40-41H,5-15,17H2,1-4H3,(H,35,39)(H,36,38)(H,42,43,44)(H,45,46,47). The van der Waals surface area contributed by atoms with Gasteiger partial charge in [0.2, 0.25) is 11.8 Å². The summed E-state index contributed by atoms with van der Waals surface area (Å²) in [5.74, 6) is -0.717. The maximum absolute atomic E-state index is 12.5. The van der Waals surface area contributed by atoms with Gasteiger partial charge in [-0.15, -0.1) is 0 Å². The Morgan fingerprint density at radius 1 is 1.04 bits per heavy atom. The molecular formula is C34H56N2O14S2. The topological polar surface area (TPSA) is 255 Å². The zero-order chi connectivity index (χ0) is 38.4. The maximum atomic E-state index is 12.5. The summed E-state index contributed by atoms with van der Waals surface area (Å²) >= 11 is 0. The molecule has 3 saturated carbocycles. The summed E-state index contributed by atoms with van der Waals surface area (Å²) in [5.41, 5.74) is 0.448. The first-order chi connectivity index (χ1) is 24.2. The predicted octanol–water partition coefficient (Wildman–Crippen LogP) is 1.11. The van der Waals surface area contributed by atoms with E-state index >= 15 is 0 Å². The van der Waals surface area contributed by atoms with Gasteiger partial charge < -0.3 is 35.4 Å². The average Bonchev–Trinajstić information content (AvgIpc) is 3.39. The molecule has 14 unspecified atom stereocenters. The summed E-state index contributed by atoms with van der Waals surface area (Å²) in [6.07, 6.45) is 0.782. The Kier molecular flexibility index (Phi) is 12.6. The fourth-order valence-electron chi connectivity index (χ4n) is 10.7. The first-order valence-corrected chi connectivity index (χ1v) is 21.3. The van der Waals surface area contributed by atoms with Gasteiger partial charge in [0.1, 0.15) is 24.4 Å². The van der Waals surface area contributed by atoms with Gasteiger partial charge in [-0.2, -0.15) is 16.8 Å². The lowest BCUT2D eigenvalue weighted by Crippen LogP contribution is -2.65. The van der Waals surface area contributed by atoms with Crippen LogP contribution in [-0.4, -0.2) is 115 Å². The number of aliphatic hydroxyl groups excluding tert-OH is 3. The first kappa shape index (κ1) is 41.4. The van der Waals surface area contributed by atoms with Gasteiger partial charge in [-0.3, -0.25) is 18.7 Å². The van der Waals surface area contributed by atoms with Crippen LogP contribution in [0, 0.1) is 40.4 Å². The zero-order valence-electron chi connectivity index (χ0n) is 30.2. The third-order valence-electron chi connectivity index (χ3n) is 13.1. The van der Waals surface area contributed by atoms with Crippen LogP contribution in [0.5, 0.6) is 0 Å². The Bertz CT molecular complexity index is 1570. The van der Waals surface area contributed by atoms with Gasteiger partial charge in [0.05, 0.1) is 24.6 Å². The van der Waals surface area contributed by atoms with E-state index in [-0.39, 0.29) is 65.7 Å². The van der Waals surface area contributed by atoms with E-state index in [0.29, 0.717) is 19.3 Å². The van der Waals surface area contributed by atoms with E-state index in [9.17, 15) is 46.3 Å². The van der Waals surface area contributed by atoms with E-state index in [1.165, 1.54) is 6.92 Å². The Labute approximate surface area is 306 Å². The van der Waals surface area contributed by atoms with Crippen molar-refractivity contribution in [3.8, 4) is 0 Å². The fraction of sp³-hybridized carbons (Fsp3) is 0.882. The normalized spacial score (nSPS) is 41.2. The van der Waals surface area contributed by atoms with Crippen molar-refractivity contribution in [2.75, 3.05) is 18.9 Å². The summed E-state index contributed by atoms with van der Waals surface area (Å²) in [6.45, 7) is 7.12. The van der Waals surface area contributed by atoms with Gasteiger partial charge in [0.15, 0.2) is 6.29 Å². The molecule has 0 radical (unpaired) electrons. The Morgan fingerprint density at radius 2 is 1.75 bits per heavy atom. The van der Waals surface area contributed by atoms with Crippen molar-refractivity contribution in [2.45, 2.75) is 128 Å². The van der Waals surface area contributed by atoms with E-state index in [1.807, 2.05) is 6.08 Å². The van der Waals surface area contributed by atoms with Crippen molar-refractivity contribution in [1.82, 2.24) is 10.6 Å². The van der Waals surface area contributed by atoms with Gasteiger partial charge >= 0.3 is 10.4 Å². The van der Waals surface area contributed by atoms with Crippen molar-refractivity contribution >= 4 is 32.3 Å². The van der Waals surface area contributed by atoms with Gasteiger partial charge in [-0.05, 0) is 91.8 Å². The Morgan fingerprint density at radius 3 is 2.38 bits per heavy atom. The number of carbonyl (C=O) groups excluding carboxylic acids is 2. The van der Waals surface area contributed by atoms with Gasteiger partial charge in [0, 0.05) is 19.9 Å². The minimum absolute atomic E-state index is 0.0642. The average molecular weight is 781 g/mol. The van der Waals surface area contributed by atoms with Crippen LogP contribution in [0.15, 0.2) is 11.6 Å². The third-order valence-corrected chi connectivity index (χ3v) is 14.4. The van der Waals surface area contributed by atoms with E-state index in [0.717, 1.165) is 31.3 Å². The molecule has 298 valence electrons. The van der Waals surface area contributed by atoms with Crippen LogP contribution in [0.2, 0.25) is 0 Å². The fourth-order valence-corrected chi connectivity index (χ4v) is 11.5. The van der Waals surface area contributed by atoms with Gasteiger partial charge in [0.25, 0.3) is 10.1 Å². The number of nitrogens with one attached hydrogen (secondary N) is 2. The highest BCUT2D eigenvalue weighted by atomic mass is 32.3. The van der Waals surface area contributed by atoms with Gasteiger partial charge in [-0.1, -0.05) is 32.4 Å². The summed E-state index contributed by atoms with van der Waals surface area (Å²) in [4.78, 5) is 24.7. The summed E-state index contributed by atoms with van der Waals surface area (Å²) < 4.78 is 81.6. The highest BCUT2D eigenvalue weighted by molar-refractivity contribution is 7.85. The number of carbonyl (C=O) groups is 2. The molecule has 7 N–H and O–H groups in total. The Hall–Kier alpha value is -1.74. The highest BCUT2D eigenvalue weighted by Crippen LogP contribution is 2.68. The molecule has 52 heavy (non-hydrogen) atoms. The third kappa shape index (κ3) is 8.87. The predicted molar refractivity (Wildman–Crippen MR) is 185 cm³/mol. The highest BCUT2D eigenvalue weighted by Gasteiger charge is 2.62. The number of hydrogen-bond acceptors (Lipinski definition) is 12. The summed E-state index contributed by atoms with van der Waals surface area (Å²) in [6, 6.07) is -1.16. The van der Waals surface area contributed by atoms with Crippen LogP contribution >= 0.6 is 0 Å². The second kappa shape index (κ2) is 15.8. The molecule has 14 atom stereocenters. The van der Waals surface area contributed by atoms with Crippen LogP contribution in [0.4, 0.5) is 0 Å². The second-order valence-corrected chi connectivity index (χ2v) is 18.8. The summed E-state index contributed by atoms with van der Waals surface area (Å²) in [5, 5.41) is 36.8. The number of amides is 2. The zero-order valence-corrected chi connectivity index (χ0v) is 31.9. The van der Waals surface area contributed by atoms with Crippen LogP contribution in [-0.2, 0) is 43.8 Å². The van der Waals surface area contributed by atoms with Crippen molar-refractivity contribution in [3.05, 3.63) is 11.6 Å². The van der Waals surface area contributed by atoms with E-state index in [4.69, 9.17) is 18.2 Å². The lowest BCUT2D eigenvalue weighted by molar-refractivity contribution is -0.289. The molecule has 4 fully saturated rings. The number of rotatable bonds is 13. The molecule has 1 heterocycles. The van der Waals surface area contributed by atoms with E-state index in [1.54, 1.807) is 0 Å². The molecule has 0 bridgehead atoms. The molecule has 0 spiro atoms. The maximum Gasteiger partial charge on any atom is 0.397 e. The van der Waals surface area contributed by atoms with Crippen molar-refractivity contribution in [3.63, 3.8) is 0 Å². The molecule has 5 aliphatic rings. The number of fused-ring (bicyclic) bond motifs is 5. The lowest BCUT2D eigenvalue weighted by Gasteiger charge is -2.60. The molecular weight excluding hydrogens is 725 g/mol. The monoisotopic (exact) mass is 780 g/mol. The number of ether oxygens (including phenoxy) is 2. The van der Waals surface area contributed by atoms with Crippen LogP contribution in [0.1, 0.15) is 85.5 Å². The molecule has 5 rings (SSSR count). The number of aliphatic hydroxyl groups is 3. The van der Waals surface area contributed by atoms with Crippen molar-refractivity contribution in [2.24, 2.45) is 40.4 Å². The summed E-state index contributed by atoms with van der Waals surface area (Å²) in [7, 11) is -8.87. The molecule has 0 aromatic carbocycles. The van der Waals surface area contributed by atoms with E-state index in [2.05, 4.69) is 31.4 Å². The van der Waals surface area contributed by atoms with E-state index < -0.39 is 81.6 Å². The molecule has 1 saturated heterocycles. The van der Waals surface area contributed by atoms with Crippen LogP contribution in [0.3, 0.4) is 0 Å². The molecule has 1 aliphatic heterocycles. The van der Waals surface area contributed by atoms with Crippen molar-refractivity contribution in [1.29, 1.82) is 0 Å². The lowest BCUT2D eigenvalue weighted by atomic mass is 9.46. The minimum atomic E-state index is -4.69. The van der Waals surface area contributed by atoms with Crippen molar-refractivity contribution < 1.29 is 64.5 Å². The largest absolute Gasteiger partial charge is 0.397 e.